The number of carbonyl (C=O) groups excluding carboxylic acids is 1. The van der Waals surface area contributed by atoms with Gasteiger partial charge < -0.3 is 20.4 Å². The van der Waals surface area contributed by atoms with E-state index in [-0.39, 0.29) is 5.41 Å². The van der Waals surface area contributed by atoms with Gasteiger partial charge in [-0.3, -0.25) is 4.79 Å². The van der Waals surface area contributed by atoms with Crippen molar-refractivity contribution in [3.8, 4) is 0 Å². The minimum absolute atomic E-state index is 0.00110. The van der Waals surface area contributed by atoms with Gasteiger partial charge in [-0.15, -0.1) is 0 Å². The molecule has 0 spiro atoms. The van der Waals surface area contributed by atoms with Gasteiger partial charge in [0.05, 0.1) is 6.42 Å². The summed E-state index contributed by atoms with van der Waals surface area (Å²) in [6.07, 6.45) is 1.24. The number of hydrogen-bond acceptors (Lipinski definition) is 3. The van der Waals surface area contributed by atoms with Crippen LogP contribution in [0.4, 0.5) is 4.79 Å². The largest absolute Gasteiger partial charge is 0.481 e. The number of nitrogens with one attached hydrogen (secondary N) is 1. The molecule has 3 N–H and O–H groups in total. The molecule has 1 rings (SSSR count). The second-order valence-electron chi connectivity index (χ2n) is 5.63. The predicted octanol–water partition coefficient (Wildman–Crippen LogP) is 0.746. The van der Waals surface area contributed by atoms with Crippen molar-refractivity contribution < 1.29 is 24.6 Å². The molecular formula is C12H20N2O5. The number of carboxylic acids is 2. The molecule has 2 amide bonds. The summed E-state index contributed by atoms with van der Waals surface area (Å²) in [6, 6.07) is -1.91. The van der Waals surface area contributed by atoms with Gasteiger partial charge in [0.15, 0.2) is 0 Å². The molecule has 1 fully saturated rings. The summed E-state index contributed by atoms with van der Waals surface area (Å²) in [5.74, 6) is -2.60. The number of rotatable bonds is 4. The average Bonchev–Trinajstić information content (AvgIpc) is 2.25. The lowest BCUT2D eigenvalue weighted by atomic mass is 9.84. The van der Waals surface area contributed by atoms with Crippen LogP contribution in [0.2, 0.25) is 0 Å². The molecule has 1 aliphatic rings. The van der Waals surface area contributed by atoms with Gasteiger partial charge >= 0.3 is 18.0 Å². The number of nitrogens with zero attached hydrogens (tertiary/aromatic N) is 1. The van der Waals surface area contributed by atoms with Crippen LogP contribution >= 0.6 is 0 Å². The van der Waals surface area contributed by atoms with Crippen LogP contribution in [0.5, 0.6) is 0 Å². The maximum atomic E-state index is 11.9. The maximum Gasteiger partial charge on any atom is 0.326 e. The van der Waals surface area contributed by atoms with Crippen LogP contribution in [0.1, 0.15) is 33.1 Å². The first-order valence-corrected chi connectivity index (χ1v) is 6.21. The molecule has 0 bridgehead atoms. The molecule has 0 aromatic carbocycles. The number of carbonyl (C=O) groups is 3. The second kappa shape index (κ2) is 5.90. The van der Waals surface area contributed by atoms with Gasteiger partial charge in [0, 0.05) is 13.1 Å². The topological polar surface area (TPSA) is 107 Å². The Morgan fingerprint density at radius 3 is 2.42 bits per heavy atom. The molecule has 0 aliphatic carbocycles. The molecule has 19 heavy (non-hydrogen) atoms. The van der Waals surface area contributed by atoms with Crippen molar-refractivity contribution in [2.24, 2.45) is 5.41 Å². The SMILES string of the molecule is CC1(C)CCCN(C(=O)N[C@H](CC(=O)O)C(=O)O)C1. The van der Waals surface area contributed by atoms with Crippen LogP contribution in [-0.4, -0.2) is 52.2 Å². The quantitative estimate of drug-likeness (QED) is 0.700. The summed E-state index contributed by atoms with van der Waals surface area (Å²) in [6.45, 7) is 5.18. The Morgan fingerprint density at radius 1 is 1.32 bits per heavy atom. The Balaban J connectivity index is 2.61. The van der Waals surface area contributed by atoms with Crippen molar-refractivity contribution in [1.82, 2.24) is 10.2 Å². The summed E-state index contributed by atoms with van der Waals surface area (Å²) in [4.78, 5) is 34.9. The number of piperidine rings is 1. The fraction of sp³-hybridized carbons (Fsp3) is 0.750. The highest BCUT2D eigenvalue weighted by Crippen LogP contribution is 2.28. The van der Waals surface area contributed by atoms with E-state index < -0.39 is 30.4 Å². The Hall–Kier alpha value is -1.79. The van der Waals surface area contributed by atoms with Crippen molar-refractivity contribution in [1.29, 1.82) is 0 Å². The van der Waals surface area contributed by atoms with Crippen molar-refractivity contribution in [3.05, 3.63) is 0 Å². The number of urea groups is 1. The molecule has 1 heterocycles. The van der Waals surface area contributed by atoms with Gasteiger partial charge in [-0.25, -0.2) is 9.59 Å². The molecule has 7 nitrogen and oxygen atoms in total. The highest BCUT2D eigenvalue weighted by molar-refractivity contribution is 5.86. The fourth-order valence-corrected chi connectivity index (χ4v) is 2.21. The van der Waals surface area contributed by atoms with Crippen LogP contribution in [0, 0.1) is 5.41 Å². The van der Waals surface area contributed by atoms with Crippen molar-refractivity contribution in [2.75, 3.05) is 13.1 Å². The maximum absolute atomic E-state index is 11.9. The molecule has 0 saturated carbocycles. The fourth-order valence-electron chi connectivity index (χ4n) is 2.21. The lowest BCUT2D eigenvalue weighted by Crippen LogP contribution is -2.52. The molecule has 1 atom stereocenters. The standard InChI is InChI=1S/C12H20N2O5/c1-12(2)4-3-5-14(7-12)11(19)13-8(10(17)18)6-9(15)16/h8H,3-7H2,1-2H3,(H,13,19)(H,15,16)(H,17,18)/t8-/m1/s1. The van der Waals surface area contributed by atoms with Crippen LogP contribution in [0.25, 0.3) is 0 Å². The third-order valence-corrected chi connectivity index (χ3v) is 3.16. The lowest BCUT2D eigenvalue weighted by Gasteiger charge is -2.38. The molecule has 7 heteroatoms. The van der Waals surface area contributed by atoms with Gasteiger partial charge in [-0.2, -0.15) is 0 Å². The molecule has 0 radical (unpaired) electrons. The lowest BCUT2D eigenvalue weighted by molar-refractivity contribution is -0.145. The van der Waals surface area contributed by atoms with E-state index in [1.807, 2.05) is 13.8 Å². The van der Waals surface area contributed by atoms with Crippen molar-refractivity contribution in [2.45, 2.75) is 39.2 Å². The average molecular weight is 272 g/mol. The van der Waals surface area contributed by atoms with E-state index in [0.717, 1.165) is 12.8 Å². The van der Waals surface area contributed by atoms with E-state index in [2.05, 4.69) is 5.32 Å². The van der Waals surface area contributed by atoms with Crippen LogP contribution in [0.3, 0.4) is 0 Å². The number of amides is 2. The van der Waals surface area contributed by atoms with Gasteiger partial charge in [-0.1, -0.05) is 13.8 Å². The smallest absolute Gasteiger partial charge is 0.326 e. The van der Waals surface area contributed by atoms with Crippen molar-refractivity contribution in [3.63, 3.8) is 0 Å². The summed E-state index contributed by atoms with van der Waals surface area (Å²) >= 11 is 0. The molecule has 0 aromatic heterocycles. The van der Waals surface area contributed by atoms with Gasteiger partial charge in [0.1, 0.15) is 6.04 Å². The molecular weight excluding hydrogens is 252 g/mol. The highest BCUT2D eigenvalue weighted by Gasteiger charge is 2.31. The van der Waals surface area contributed by atoms with Gasteiger partial charge in [0.25, 0.3) is 0 Å². The molecule has 108 valence electrons. The van der Waals surface area contributed by atoms with E-state index >= 15 is 0 Å². The minimum atomic E-state index is -1.39. The van der Waals surface area contributed by atoms with E-state index in [1.165, 1.54) is 0 Å². The number of carboxylic acid groups (broad SMARTS) is 2. The zero-order valence-corrected chi connectivity index (χ0v) is 11.2. The summed E-state index contributed by atoms with van der Waals surface area (Å²) < 4.78 is 0. The van der Waals surface area contributed by atoms with E-state index in [4.69, 9.17) is 10.2 Å². The molecule has 1 aliphatic heterocycles. The van der Waals surface area contributed by atoms with Crippen LogP contribution in [-0.2, 0) is 9.59 Å². The van der Waals surface area contributed by atoms with E-state index in [9.17, 15) is 14.4 Å². The highest BCUT2D eigenvalue weighted by atomic mass is 16.4. The summed E-state index contributed by atoms with van der Waals surface area (Å²) in [5, 5.41) is 19.7. The molecule has 0 aromatic rings. The van der Waals surface area contributed by atoms with Gasteiger partial charge in [-0.05, 0) is 18.3 Å². The Labute approximate surface area is 111 Å². The van der Waals surface area contributed by atoms with Crippen molar-refractivity contribution >= 4 is 18.0 Å². The van der Waals surface area contributed by atoms with E-state index in [0.29, 0.717) is 13.1 Å². The first kappa shape index (κ1) is 15.3. The first-order chi connectivity index (χ1) is 8.71. The minimum Gasteiger partial charge on any atom is -0.481 e. The number of hydrogen-bond donors (Lipinski definition) is 3. The third kappa shape index (κ3) is 4.76. The number of aliphatic carboxylic acids is 2. The van der Waals surface area contributed by atoms with Crippen LogP contribution < -0.4 is 5.32 Å². The summed E-state index contributed by atoms with van der Waals surface area (Å²) in [5.41, 5.74) is 0.00110. The monoisotopic (exact) mass is 272 g/mol. The Bertz CT molecular complexity index is 380. The zero-order chi connectivity index (χ0) is 14.6. The first-order valence-electron chi connectivity index (χ1n) is 6.21. The second-order valence-corrected chi connectivity index (χ2v) is 5.63. The third-order valence-electron chi connectivity index (χ3n) is 3.16. The van der Waals surface area contributed by atoms with E-state index in [1.54, 1.807) is 4.90 Å². The Morgan fingerprint density at radius 2 is 1.95 bits per heavy atom. The molecule has 1 saturated heterocycles. The Kier molecular flexibility index (Phi) is 4.74. The van der Waals surface area contributed by atoms with Crippen LogP contribution in [0.15, 0.2) is 0 Å². The number of likely N-dealkylation sites (tertiary alicyclic amines) is 1. The zero-order valence-electron chi connectivity index (χ0n) is 11.2. The molecule has 0 unspecified atom stereocenters. The predicted molar refractivity (Wildman–Crippen MR) is 66.8 cm³/mol. The summed E-state index contributed by atoms with van der Waals surface area (Å²) in [7, 11) is 0. The van der Waals surface area contributed by atoms with Gasteiger partial charge in [0.2, 0.25) is 0 Å². The normalized spacial score (nSPS) is 19.6.